The molecule has 0 saturated carbocycles. The molecule has 0 radical (unpaired) electrons. The summed E-state index contributed by atoms with van der Waals surface area (Å²) in [5, 5.41) is 7.68. The molecule has 244 valence electrons. The second kappa shape index (κ2) is 12.7. The van der Waals surface area contributed by atoms with E-state index in [-0.39, 0.29) is 0 Å². The summed E-state index contributed by atoms with van der Waals surface area (Å²) < 4.78 is 2.65. The van der Waals surface area contributed by atoms with Crippen LogP contribution in [0.5, 0.6) is 0 Å². The van der Waals surface area contributed by atoms with Gasteiger partial charge < -0.3 is 4.90 Å². The lowest BCUT2D eigenvalue weighted by atomic mass is 9.92. The van der Waals surface area contributed by atoms with Crippen molar-refractivity contribution in [1.82, 2.24) is 0 Å². The molecule has 0 saturated heterocycles. The zero-order valence-corrected chi connectivity index (χ0v) is 29.2. The van der Waals surface area contributed by atoms with Gasteiger partial charge in [0.25, 0.3) is 0 Å². The number of fused-ring (bicyclic) bond motifs is 5. The number of anilines is 3. The normalized spacial score (nSPS) is 11.5. The Kier molecular flexibility index (Phi) is 7.41. The molecule has 0 aliphatic rings. The van der Waals surface area contributed by atoms with Crippen LogP contribution in [0.2, 0.25) is 0 Å². The predicted molar refractivity (Wildman–Crippen MR) is 225 cm³/mol. The first-order valence-electron chi connectivity index (χ1n) is 17.8. The molecule has 0 bridgehead atoms. The molecular formula is C50H33NS. The Morgan fingerprint density at radius 2 is 0.942 bits per heavy atom. The van der Waals surface area contributed by atoms with Crippen LogP contribution in [0.25, 0.3) is 75.1 Å². The zero-order valence-electron chi connectivity index (χ0n) is 28.4. The van der Waals surface area contributed by atoms with Gasteiger partial charge in [-0.3, -0.25) is 0 Å². The van der Waals surface area contributed by atoms with Crippen molar-refractivity contribution in [3.8, 4) is 33.4 Å². The van der Waals surface area contributed by atoms with Gasteiger partial charge in [0.15, 0.2) is 0 Å². The lowest BCUT2D eigenvalue weighted by Crippen LogP contribution is -2.11. The van der Waals surface area contributed by atoms with E-state index in [0.29, 0.717) is 0 Å². The number of para-hydroxylation sites is 1. The highest BCUT2D eigenvalue weighted by Gasteiger charge is 2.21. The molecule has 10 rings (SSSR count). The molecule has 0 aliphatic carbocycles. The zero-order chi connectivity index (χ0) is 34.4. The third-order valence-electron chi connectivity index (χ3n) is 10.2. The number of nitrogens with zero attached hydrogens (tertiary/aromatic N) is 1. The fourth-order valence-corrected chi connectivity index (χ4v) is 9.08. The van der Waals surface area contributed by atoms with Crippen LogP contribution in [0.4, 0.5) is 17.1 Å². The van der Waals surface area contributed by atoms with E-state index < -0.39 is 0 Å². The Labute approximate surface area is 307 Å². The van der Waals surface area contributed by atoms with Gasteiger partial charge in [0, 0.05) is 42.7 Å². The Bertz CT molecular complexity index is 2880. The summed E-state index contributed by atoms with van der Waals surface area (Å²) in [5.74, 6) is 0. The van der Waals surface area contributed by atoms with E-state index in [1.54, 1.807) is 0 Å². The minimum Gasteiger partial charge on any atom is -0.310 e. The number of thiophene rings is 1. The van der Waals surface area contributed by atoms with Crippen molar-refractivity contribution in [2.75, 3.05) is 4.90 Å². The highest BCUT2D eigenvalue weighted by atomic mass is 32.1. The van der Waals surface area contributed by atoms with E-state index in [4.69, 9.17) is 0 Å². The van der Waals surface area contributed by atoms with Gasteiger partial charge >= 0.3 is 0 Å². The van der Waals surface area contributed by atoms with Gasteiger partial charge in [0.05, 0.1) is 5.69 Å². The van der Waals surface area contributed by atoms with E-state index in [0.717, 1.165) is 17.1 Å². The first kappa shape index (κ1) is 30.4. The molecule has 2 heteroatoms. The second-order valence-corrected chi connectivity index (χ2v) is 14.3. The van der Waals surface area contributed by atoms with Crippen LogP contribution in [0.15, 0.2) is 200 Å². The van der Waals surface area contributed by atoms with Crippen LogP contribution in [-0.4, -0.2) is 0 Å². The standard InChI is InChI=1S/C50H33NS/c1-3-14-35(15-4-1)45-33-38(49-43-22-10-8-17-37(43)32-46-44-23-11-12-25-48(44)52-50(46)49)28-31-47(45)51(39-19-5-2-6-20-39)40-29-26-36(27-30-40)42-24-13-18-34-16-7-9-21-41(34)42/h1-33H. The molecule has 1 nitrogen and oxygen atoms in total. The monoisotopic (exact) mass is 679 g/mol. The van der Waals surface area contributed by atoms with Gasteiger partial charge in [0.2, 0.25) is 0 Å². The topological polar surface area (TPSA) is 3.24 Å². The van der Waals surface area contributed by atoms with Crippen molar-refractivity contribution < 1.29 is 0 Å². The molecule has 0 N–H and O–H groups in total. The SMILES string of the molecule is c1ccc(-c2cc(-c3c4ccccc4cc4c3sc3ccccc34)ccc2N(c2ccccc2)c2ccc(-c3cccc4ccccc34)cc2)cc1. The smallest absolute Gasteiger partial charge is 0.0540 e. The van der Waals surface area contributed by atoms with Gasteiger partial charge in [-0.1, -0.05) is 152 Å². The van der Waals surface area contributed by atoms with Gasteiger partial charge in [-0.15, -0.1) is 11.3 Å². The molecule has 52 heavy (non-hydrogen) atoms. The van der Waals surface area contributed by atoms with Crippen molar-refractivity contribution in [3.63, 3.8) is 0 Å². The minimum atomic E-state index is 1.11. The fourth-order valence-electron chi connectivity index (χ4n) is 7.82. The van der Waals surface area contributed by atoms with Crippen molar-refractivity contribution in [3.05, 3.63) is 200 Å². The van der Waals surface area contributed by atoms with E-state index >= 15 is 0 Å². The highest BCUT2D eigenvalue weighted by Crippen LogP contribution is 2.48. The number of benzene rings is 9. The third kappa shape index (κ3) is 5.16. The molecule has 1 aromatic heterocycles. The van der Waals surface area contributed by atoms with Crippen LogP contribution in [0.1, 0.15) is 0 Å². The summed E-state index contributed by atoms with van der Waals surface area (Å²) in [4.78, 5) is 2.40. The summed E-state index contributed by atoms with van der Waals surface area (Å²) in [6.07, 6.45) is 0. The molecule has 1 heterocycles. The first-order valence-corrected chi connectivity index (χ1v) is 18.6. The van der Waals surface area contributed by atoms with Crippen LogP contribution < -0.4 is 4.90 Å². The van der Waals surface area contributed by atoms with Crippen LogP contribution in [-0.2, 0) is 0 Å². The van der Waals surface area contributed by atoms with E-state index in [1.807, 2.05) is 11.3 Å². The Balaban J connectivity index is 1.19. The molecule has 9 aromatic carbocycles. The molecule has 0 atom stereocenters. The molecule has 0 aliphatic heterocycles. The molecule has 10 aromatic rings. The number of hydrogen-bond acceptors (Lipinski definition) is 2. The molecule has 0 spiro atoms. The maximum absolute atomic E-state index is 2.41. The fraction of sp³-hybridized carbons (Fsp3) is 0. The minimum absolute atomic E-state index is 1.11. The molecule has 0 fully saturated rings. The van der Waals surface area contributed by atoms with Crippen LogP contribution in [0, 0.1) is 0 Å². The van der Waals surface area contributed by atoms with E-state index in [2.05, 4.69) is 205 Å². The Morgan fingerprint density at radius 1 is 0.346 bits per heavy atom. The quantitative estimate of drug-likeness (QED) is 0.169. The van der Waals surface area contributed by atoms with Crippen molar-refractivity contribution in [1.29, 1.82) is 0 Å². The lowest BCUT2D eigenvalue weighted by molar-refractivity contribution is 1.28. The molecular weight excluding hydrogens is 647 g/mol. The van der Waals surface area contributed by atoms with Crippen LogP contribution >= 0.6 is 11.3 Å². The lowest BCUT2D eigenvalue weighted by Gasteiger charge is -2.28. The average Bonchev–Trinajstić information content (AvgIpc) is 3.59. The van der Waals surface area contributed by atoms with Gasteiger partial charge in [-0.25, -0.2) is 0 Å². The summed E-state index contributed by atoms with van der Waals surface area (Å²) in [6, 6.07) is 72.9. The van der Waals surface area contributed by atoms with E-state index in [9.17, 15) is 0 Å². The molecule has 0 amide bonds. The van der Waals surface area contributed by atoms with E-state index in [1.165, 1.54) is 75.1 Å². The summed E-state index contributed by atoms with van der Waals surface area (Å²) in [6.45, 7) is 0. The largest absolute Gasteiger partial charge is 0.310 e. The van der Waals surface area contributed by atoms with Crippen molar-refractivity contribution >= 4 is 70.1 Å². The van der Waals surface area contributed by atoms with Crippen molar-refractivity contribution in [2.24, 2.45) is 0 Å². The number of hydrogen-bond donors (Lipinski definition) is 0. The van der Waals surface area contributed by atoms with Crippen molar-refractivity contribution in [2.45, 2.75) is 0 Å². The van der Waals surface area contributed by atoms with Crippen LogP contribution in [0.3, 0.4) is 0 Å². The Morgan fingerprint density at radius 3 is 1.75 bits per heavy atom. The molecule has 0 unspecified atom stereocenters. The van der Waals surface area contributed by atoms with Gasteiger partial charge in [-0.2, -0.15) is 0 Å². The van der Waals surface area contributed by atoms with Gasteiger partial charge in [-0.05, 0) is 92.3 Å². The third-order valence-corrected chi connectivity index (χ3v) is 11.4. The number of rotatable bonds is 6. The summed E-state index contributed by atoms with van der Waals surface area (Å²) in [7, 11) is 0. The first-order chi connectivity index (χ1) is 25.8. The summed E-state index contributed by atoms with van der Waals surface area (Å²) in [5.41, 5.74) is 10.7. The average molecular weight is 680 g/mol. The second-order valence-electron chi connectivity index (χ2n) is 13.3. The highest BCUT2D eigenvalue weighted by molar-refractivity contribution is 7.26. The maximum atomic E-state index is 2.41. The Hall–Kier alpha value is -6.48. The predicted octanol–water partition coefficient (Wildman–Crippen LogP) is 14.8. The van der Waals surface area contributed by atoms with Gasteiger partial charge in [0.1, 0.15) is 0 Å². The summed E-state index contributed by atoms with van der Waals surface area (Å²) >= 11 is 1.89. The maximum Gasteiger partial charge on any atom is 0.0540 e.